The summed E-state index contributed by atoms with van der Waals surface area (Å²) in [6.07, 6.45) is 3.57. The Kier molecular flexibility index (Phi) is 3.48. The number of aromatic nitrogens is 2. The van der Waals surface area contributed by atoms with E-state index in [-0.39, 0.29) is 5.92 Å². The molecule has 1 unspecified atom stereocenters. The molecule has 1 aromatic carbocycles. The molecular weight excluding hydrogens is 308 g/mol. The van der Waals surface area contributed by atoms with Crippen LogP contribution in [-0.2, 0) is 4.74 Å². The van der Waals surface area contributed by atoms with Crippen LogP contribution >= 0.6 is 15.9 Å². The number of benzene rings is 1. The molecule has 5 heteroatoms. The van der Waals surface area contributed by atoms with Crippen LogP contribution < -0.4 is 0 Å². The van der Waals surface area contributed by atoms with Gasteiger partial charge in [0.25, 0.3) is 0 Å². The Labute approximate surface area is 119 Å². The van der Waals surface area contributed by atoms with E-state index in [4.69, 9.17) is 4.74 Å². The van der Waals surface area contributed by atoms with Crippen molar-refractivity contribution in [1.29, 1.82) is 0 Å². The van der Waals surface area contributed by atoms with Crippen LogP contribution in [0.25, 0.3) is 5.69 Å². The number of para-hydroxylation sites is 1. The van der Waals surface area contributed by atoms with Crippen molar-refractivity contribution in [2.75, 3.05) is 13.2 Å². The van der Waals surface area contributed by atoms with Crippen LogP contribution in [-0.4, -0.2) is 29.3 Å². The van der Waals surface area contributed by atoms with Gasteiger partial charge in [0.1, 0.15) is 0 Å². The predicted molar refractivity (Wildman–Crippen MR) is 74.8 cm³/mol. The quantitative estimate of drug-likeness (QED) is 0.817. The number of carbonyl (C=O) groups is 1. The topological polar surface area (TPSA) is 44.1 Å². The summed E-state index contributed by atoms with van der Waals surface area (Å²) < 4.78 is 8.08. The van der Waals surface area contributed by atoms with Crippen LogP contribution in [0.15, 0.2) is 34.9 Å². The summed E-state index contributed by atoms with van der Waals surface area (Å²) in [7, 11) is 0. The molecule has 3 rings (SSSR count). The van der Waals surface area contributed by atoms with Crippen LogP contribution in [0.4, 0.5) is 0 Å². The van der Waals surface area contributed by atoms with Crippen molar-refractivity contribution in [3.05, 3.63) is 46.2 Å². The number of ether oxygens (including phenoxy) is 1. The molecule has 2 aromatic rings. The first-order chi connectivity index (χ1) is 9.29. The fourth-order valence-corrected chi connectivity index (χ4v) is 2.79. The third kappa shape index (κ3) is 2.35. The molecule has 0 spiro atoms. The normalized spacial score (nSPS) is 18.7. The van der Waals surface area contributed by atoms with E-state index < -0.39 is 0 Å². The molecule has 0 saturated carbocycles. The average Bonchev–Trinajstić information content (AvgIpc) is 3.08. The highest BCUT2D eigenvalue weighted by Crippen LogP contribution is 2.28. The Morgan fingerprint density at radius 2 is 2.26 bits per heavy atom. The Morgan fingerprint density at radius 1 is 1.42 bits per heavy atom. The highest BCUT2D eigenvalue weighted by Gasteiger charge is 2.24. The molecule has 1 aliphatic rings. The highest BCUT2D eigenvalue weighted by molar-refractivity contribution is 9.10. The zero-order valence-corrected chi connectivity index (χ0v) is 11.8. The summed E-state index contributed by atoms with van der Waals surface area (Å²) >= 11 is 3.50. The number of rotatable bonds is 3. The maximum absolute atomic E-state index is 11.2. The van der Waals surface area contributed by atoms with Gasteiger partial charge in [0.15, 0.2) is 6.29 Å². The van der Waals surface area contributed by atoms with Gasteiger partial charge in [-0.05, 0) is 34.5 Å². The first-order valence-corrected chi connectivity index (χ1v) is 6.96. The third-order valence-corrected chi connectivity index (χ3v) is 3.99. The molecule has 0 radical (unpaired) electrons. The van der Waals surface area contributed by atoms with Gasteiger partial charge in [-0.2, -0.15) is 5.10 Å². The van der Waals surface area contributed by atoms with Gasteiger partial charge < -0.3 is 4.74 Å². The third-order valence-electron chi connectivity index (χ3n) is 3.32. The Balaban J connectivity index is 2.04. The van der Waals surface area contributed by atoms with Gasteiger partial charge in [0.2, 0.25) is 0 Å². The van der Waals surface area contributed by atoms with Crippen LogP contribution in [0.1, 0.15) is 28.4 Å². The molecule has 0 N–H and O–H groups in total. The summed E-state index contributed by atoms with van der Waals surface area (Å²) in [5.74, 6) is 0.226. The number of hydrogen-bond donors (Lipinski definition) is 0. The SMILES string of the molecule is O=Cc1cn(-c2ccccc2Br)nc1C1CCOC1. The minimum atomic E-state index is 0.226. The molecule has 1 saturated heterocycles. The predicted octanol–water partition coefficient (Wildman–Crippen LogP) is 2.95. The fraction of sp³-hybridized carbons (Fsp3) is 0.286. The summed E-state index contributed by atoms with van der Waals surface area (Å²) in [4.78, 5) is 11.2. The number of halogens is 1. The number of carbonyl (C=O) groups excluding carboxylic acids is 1. The lowest BCUT2D eigenvalue weighted by molar-refractivity contribution is 0.112. The molecule has 4 nitrogen and oxygen atoms in total. The first-order valence-electron chi connectivity index (χ1n) is 6.17. The highest BCUT2D eigenvalue weighted by atomic mass is 79.9. The van der Waals surface area contributed by atoms with Crippen molar-refractivity contribution in [2.45, 2.75) is 12.3 Å². The number of aldehydes is 1. The van der Waals surface area contributed by atoms with Crippen molar-refractivity contribution in [1.82, 2.24) is 9.78 Å². The Hall–Kier alpha value is -1.46. The molecule has 1 aliphatic heterocycles. The van der Waals surface area contributed by atoms with E-state index in [1.54, 1.807) is 10.9 Å². The number of nitrogens with zero attached hydrogens (tertiary/aromatic N) is 2. The summed E-state index contributed by atoms with van der Waals surface area (Å²) in [5, 5.41) is 4.57. The van der Waals surface area contributed by atoms with E-state index in [0.717, 1.165) is 35.2 Å². The monoisotopic (exact) mass is 320 g/mol. The zero-order valence-electron chi connectivity index (χ0n) is 10.3. The molecular formula is C14H13BrN2O2. The molecule has 1 atom stereocenters. The maximum Gasteiger partial charge on any atom is 0.153 e. The van der Waals surface area contributed by atoms with Crippen LogP contribution in [0.2, 0.25) is 0 Å². The molecule has 0 aliphatic carbocycles. The summed E-state index contributed by atoms with van der Waals surface area (Å²) in [5.41, 5.74) is 2.41. The lowest BCUT2D eigenvalue weighted by Gasteiger charge is -2.05. The van der Waals surface area contributed by atoms with Crippen LogP contribution in [0.5, 0.6) is 0 Å². The second-order valence-electron chi connectivity index (χ2n) is 4.54. The van der Waals surface area contributed by atoms with E-state index >= 15 is 0 Å². The molecule has 2 heterocycles. The van der Waals surface area contributed by atoms with Crippen molar-refractivity contribution >= 4 is 22.2 Å². The molecule has 0 amide bonds. The van der Waals surface area contributed by atoms with Crippen molar-refractivity contribution in [3.8, 4) is 5.69 Å². The van der Waals surface area contributed by atoms with E-state index in [0.29, 0.717) is 12.2 Å². The van der Waals surface area contributed by atoms with Crippen molar-refractivity contribution < 1.29 is 9.53 Å². The van der Waals surface area contributed by atoms with Gasteiger partial charge in [-0.1, -0.05) is 12.1 Å². The van der Waals surface area contributed by atoms with E-state index in [2.05, 4.69) is 21.0 Å². The second-order valence-corrected chi connectivity index (χ2v) is 5.40. The van der Waals surface area contributed by atoms with E-state index in [1.807, 2.05) is 24.3 Å². The molecule has 19 heavy (non-hydrogen) atoms. The smallest absolute Gasteiger partial charge is 0.153 e. The lowest BCUT2D eigenvalue weighted by atomic mass is 10.0. The van der Waals surface area contributed by atoms with Crippen LogP contribution in [0.3, 0.4) is 0 Å². The minimum Gasteiger partial charge on any atom is -0.381 e. The molecule has 98 valence electrons. The maximum atomic E-state index is 11.2. The van der Waals surface area contributed by atoms with Crippen LogP contribution in [0, 0.1) is 0 Å². The minimum absolute atomic E-state index is 0.226. The van der Waals surface area contributed by atoms with Gasteiger partial charge in [-0.15, -0.1) is 0 Å². The standard InChI is InChI=1S/C14H13BrN2O2/c15-12-3-1-2-4-13(12)17-7-11(8-18)14(16-17)10-5-6-19-9-10/h1-4,7-8,10H,5-6,9H2. The number of hydrogen-bond acceptors (Lipinski definition) is 3. The van der Waals surface area contributed by atoms with Crippen molar-refractivity contribution in [3.63, 3.8) is 0 Å². The lowest BCUT2D eigenvalue weighted by Crippen LogP contribution is -2.03. The second kappa shape index (κ2) is 5.27. The van der Waals surface area contributed by atoms with Gasteiger partial charge >= 0.3 is 0 Å². The average molecular weight is 321 g/mol. The first kappa shape index (κ1) is 12.6. The molecule has 1 fully saturated rings. The Bertz CT molecular complexity index is 603. The summed E-state index contributed by atoms with van der Waals surface area (Å²) in [6, 6.07) is 7.81. The molecule has 0 bridgehead atoms. The molecule has 1 aromatic heterocycles. The van der Waals surface area contributed by atoms with Gasteiger partial charge in [0.05, 0.1) is 23.6 Å². The fourth-order valence-electron chi connectivity index (χ4n) is 2.32. The summed E-state index contributed by atoms with van der Waals surface area (Å²) in [6.45, 7) is 1.39. The van der Waals surface area contributed by atoms with E-state index in [1.165, 1.54) is 0 Å². The Morgan fingerprint density at radius 3 is 2.95 bits per heavy atom. The van der Waals surface area contributed by atoms with Crippen molar-refractivity contribution in [2.24, 2.45) is 0 Å². The zero-order chi connectivity index (χ0) is 13.2. The van der Waals surface area contributed by atoms with Gasteiger partial charge in [-0.3, -0.25) is 4.79 Å². The van der Waals surface area contributed by atoms with Gasteiger partial charge in [0, 0.05) is 23.2 Å². The largest absolute Gasteiger partial charge is 0.381 e. The van der Waals surface area contributed by atoms with E-state index in [9.17, 15) is 4.79 Å². The van der Waals surface area contributed by atoms with Gasteiger partial charge in [-0.25, -0.2) is 4.68 Å².